The van der Waals surface area contributed by atoms with Gasteiger partial charge in [-0.3, -0.25) is 9.69 Å². The van der Waals surface area contributed by atoms with Crippen molar-refractivity contribution < 1.29 is 4.79 Å². The third-order valence-corrected chi connectivity index (χ3v) is 4.42. The van der Waals surface area contributed by atoms with E-state index in [9.17, 15) is 10.1 Å². The Balaban J connectivity index is 1.81. The Kier molecular flexibility index (Phi) is 4.32. The summed E-state index contributed by atoms with van der Waals surface area (Å²) in [5.74, 6) is 0.614. The molecule has 1 unspecified atom stereocenters. The fourth-order valence-electron chi connectivity index (χ4n) is 2.82. The smallest absolute Gasteiger partial charge is 0.248 e. The fourth-order valence-corrected chi connectivity index (χ4v) is 2.82. The third-order valence-electron chi connectivity index (χ3n) is 4.42. The summed E-state index contributed by atoms with van der Waals surface area (Å²) in [6, 6.07) is 12.8. The van der Waals surface area contributed by atoms with Crippen LogP contribution in [-0.4, -0.2) is 22.4 Å². The molecule has 0 saturated carbocycles. The molecule has 1 aliphatic heterocycles. The average molecular weight is 332 g/mol. The molecule has 25 heavy (non-hydrogen) atoms. The summed E-state index contributed by atoms with van der Waals surface area (Å²) >= 11 is 0. The van der Waals surface area contributed by atoms with Crippen LogP contribution in [-0.2, 0) is 4.79 Å². The van der Waals surface area contributed by atoms with Crippen LogP contribution in [0.1, 0.15) is 25.3 Å². The van der Waals surface area contributed by atoms with E-state index in [0.29, 0.717) is 36.7 Å². The second-order valence-corrected chi connectivity index (χ2v) is 5.81. The number of aromatic nitrogens is 2. The Hall–Kier alpha value is -3.45. The van der Waals surface area contributed by atoms with E-state index in [2.05, 4.69) is 27.4 Å². The van der Waals surface area contributed by atoms with Gasteiger partial charge in [-0.15, -0.1) is 0 Å². The molecule has 1 aromatic heterocycles. The molecule has 0 spiro atoms. The van der Waals surface area contributed by atoms with Gasteiger partial charge in [-0.05, 0) is 43.2 Å². The van der Waals surface area contributed by atoms with E-state index in [4.69, 9.17) is 5.26 Å². The Labute approximate surface area is 145 Å². The van der Waals surface area contributed by atoms with Crippen molar-refractivity contribution in [3.63, 3.8) is 0 Å². The van der Waals surface area contributed by atoms with E-state index in [0.717, 1.165) is 5.69 Å². The van der Waals surface area contributed by atoms with Gasteiger partial charge in [0.25, 0.3) is 0 Å². The maximum absolute atomic E-state index is 12.6. The average Bonchev–Trinajstić information content (AvgIpc) is 2.99. The van der Waals surface area contributed by atoms with E-state index >= 15 is 0 Å². The number of hydrogen-bond acceptors (Lipinski definition) is 6. The number of amides is 1. The maximum Gasteiger partial charge on any atom is 0.248 e. The summed E-state index contributed by atoms with van der Waals surface area (Å²) in [5, 5.41) is 21.3. The Morgan fingerprint density at radius 2 is 2.04 bits per heavy atom. The minimum Gasteiger partial charge on any atom is -0.324 e. The van der Waals surface area contributed by atoms with Crippen molar-refractivity contribution in [2.75, 3.05) is 16.8 Å². The summed E-state index contributed by atoms with van der Waals surface area (Å²) in [6.45, 7) is 2.32. The number of benzene rings is 1. The second kappa shape index (κ2) is 6.58. The Bertz CT molecular complexity index is 880. The highest BCUT2D eigenvalue weighted by atomic mass is 16.2. The highest BCUT2D eigenvalue weighted by Gasteiger charge is 2.46. The van der Waals surface area contributed by atoms with Gasteiger partial charge in [0.15, 0.2) is 0 Å². The van der Waals surface area contributed by atoms with Gasteiger partial charge in [0.2, 0.25) is 11.9 Å². The molecular formula is C18H16N6O. The number of nitrogens with one attached hydrogen (secondary N) is 1. The lowest BCUT2D eigenvalue weighted by Gasteiger charge is -2.19. The molecule has 2 heterocycles. The van der Waals surface area contributed by atoms with E-state index in [1.54, 1.807) is 41.4 Å². The van der Waals surface area contributed by atoms with Crippen LogP contribution >= 0.6 is 0 Å². The van der Waals surface area contributed by atoms with Crippen molar-refractivity contribution in [2.45, 2.75) is 19.8 Å². The predicted molar refractivity (Wildman–Crippen MR) is 91.8 cm³/mol. The van der Waals surface area contributed by atoms with Crippen LogP contribution in [0.15, 0.2) is 36.5 Å². The molecule has 0 bridgehead atoms. The number of carbonyl (C=O) groups is 1. The zero-order valence-electron chi connectivity index (χ0n) is 13.7. The van der Waals surface area contributed by atoms with Crippen LogP contribution in [0.5, 0.6) is 0 Å². The van der Waals surface area contributed by atoms with Crippen molar-refractivity contribution in [1.82, 2.24) is 9.97 Å². The molecule has 0 aliphatic carbocycles. The van der Waals surface area contributed by atoms with Gasteiger partial charge in [0.05, 0.1) is 17.7 Å². The van der Waals surface area contributed by atoms with Gasteiger partial charge >= 0.3 is 0 Å². The van der Waals surface area contributed by atoms with Gasteiger partial charge in [0, 0.05) is 18.4 Å². The van der Waals surface area contributed by atoms with E-state index in [1.165, 1.54) is 0 Å². The van der Waals surface area contributed by atoms with Gasteiger partial charge in [-0.2, -0.15) is 15.5 Å². The number of carbonyl (C=O) groups excluding carboxylic acids is 1. The highest BCUT2D eigenvalue weighted by molar-refractivity contribution is 6.01. The van der Waals surface area contributed by atoms with Crippen LogP contribution < -0.4 is 10.2 Å². The van der Waals surface area contributed by atoms with Crippen molar-refractivity contribution in [3.05, 3.63) is 42.1 Å². The monoisotopic (exact) mass is 332 g/mol. The van der Waals surface area contributed by atoms with Gasteiger partial charge in [0.1, 0.15) is 11.2 Å². The summed E-state index contributed by atoms with van der Waals surface area (Å²) in [5.41, 5.74) is 0.352. The van der Waals surface area contributed by atoms with Crippen LogP contribution in [0.3, 0.4) is 0 Å². The van der Waals surface area contributed by atoms with Crippen molar-refractivity contribution >= 4 is 23.4 Å². The minimum absolute atomic E-state index is 0.208. The number of anilines is 3. The quantitative estimate of drug-likeness (QED) is 0.922. The molecule has 0 radical (unpaired) electrons. The first-order valence-corrected chi connectivity index (χ1v) is 7.95. The number of nitrogens with zero attached hydrogens (tertiary/aromatic N) is 5. The topological polar surface area (TPSA) is 106 Å². The summed E-state index contributed by atoms with van der Waals surface area (Å²) < 4.78 is 0. The molecule has 1 saturated heterocycles. The fraction of sp³-hybridized carbons (Fsp3) is 0.278. The highest BCUT2D eigenvalue weighted by Crippen LogP contribution is 2.36. The molecule has 1 aromatic carbocycles. The minimum atomic E-state index is -0.953. The van der Waals surface area contributed by atoms with Crippen molar-refractivity contribution in [3.8, 4) is 12.1 Å². The summed E-state index contributed by atoms with van der Waals surface area (Å²) in [7, 11) is 0. The number of rotatable bonds is 4. The molecular weight excluding hydrogens is 316 g/mol. The lowest BCUT2D eigenvalue weighted by Crippen LogP contribution is -2.33. The molecule has 1 fully saturated rings. The van der Waals surface area contributed by atoms with Gasteiger partial charge in [-0.1, -0.05) is 6.92 Å². The number of nitriles is 2. The Morgan fingerprint density at radius 3 is 2.64 bits per heavy atom. The van der Waals surface area contributed by atoms with Gasteiger partial charge < -0.3 is 5.32 Å². The van der Waals surface area contributed by atoms with E-state index in [-0.39, 0.29) is 5.91 Å². The van der Waals surface area contributed by atoms with E-state index in [1.807, 2.05) is 6.92 Å². The molecule has 1 amide bonds. The second-order valence-electron chi connectivity index (χ2n) is 5.81. The van der Waals surface area contributed by atoms with Crippen LogP contribution in [0, 0.1) is 28.1 Å². The normalized spacial score (nSPS) is 19.3. The standard InChI is InChI=1S/C18H16N6O/c1-2-18(12-20)8-10-24(16(18)25)15-7-9-21-17(23-15)22-14-5-3-13(11-19)4-6-14/h3-7,9H,2,8,10H2,1H3,(H,21,22,23). The maximum atomic E-state index is 12.6. The zero-order valence-corrected chi connectivity index (χ0v) is 13.7. The van der Waals surface area contributed by atoms with Crippen LogP contribution in [0.2, 0.25) is 0 Å². The van der Waals surface area contributed by atoms with Crippen molar-refractivity contribution in [1.29, 1.82) is 10.5 Å². The molecule has 1 aliphatic rings. The summed E-state index contributed by atoms with van der Waals surface area (Å²) in [4.78, 5) is 22.7. The molecule has 7 heteroatoms. The predicted octanol–water partition coefficient (Wildman–Crippen LogP) is 2.75. The summed E-state index contributed by atoms with van der Waals surface area (Å²) in [6.07, 6.45) is 2.56. The Morgan fingerprint density at radius 1 is 1.28 bits per heavy atom. The van der Waals surface area contributed by atoms with Crippen LogP contribution in [0.25, 0.3) is 0 Å². The number of hydrogen-bond donors (Lipinski definition) is 1. The molecule has 1 atom stereocenters. The lowest BCUT2D eigenvalue weighted by atomic mass is 9.85. The first kappa shape index (κ1) is 16.4. The zero-order chi connectivity index (χ0) is 17.9. The van der Waals surface area contributed by atoms with Crippen molar-refractivity contribution in [2.24, 2.45) is 5.41 Å². The largest absolute Gasteiger partial charge is 0.324 e. The first-order valence-electron chi connectivity index (χ1n) is 7.95. The first-order chi connectivity index (χ1) is 12.1. The van der Waals surface area contributed by atoms with Crippen LogP contribution in [0.4, 0.5) is 17.5 Å². The lowest BCUT2D eigenvalue weighted by molar-refractivity contribution is -0.123. The molecule has 1 N–H and O–H groups in total. The SMILES string of the molecule is CCC1(C#N)CCN(c2ccnc(Nc3ccc(C#N)cc3)n2)C1=O. The molecule has 3 rings (SSSR count). The molecule has 7 nitrogen and oxygen atoms in total. The third kappa shape index (κ3) is 3.00. The molecule has 2 aromatic rings. The van der Waals surface area contributed by atoms with Gasteiger partial charge in [-0.25, -0.2) is 4.98 Å². The van der Waals surface area contributed by atoms with E-state index < -0.39 is 5.41 Å². The molecule has 124 valence electrons.